The highest BCUT2D eigenvalue weighted by Gasteiger charge is 2.10. The zero-order valence-corrected chi connectivity index (χ0v) is 9.26. The fraction of sp³-hybridized carbons (Fsp3) is 0.700. The van der Waals surface area contributed by atoms with Crippen molar-refractivity contribution < 1.29 is 9.15 Å². The SMILES string of the molecule is COCc1cnc(CNC(C)(C)C)o1. The van der Waals surface area contributed by atoms with Crippen LogP contribution >= 0.6 is 0 Å². The van der Waals surface area contributed by atoms with Gasteiger partial charge in [0.15, 0.2) is 0 Å². The van der Waals surface area contributed by atoms with Crippen LogP contribution in [-0.4, -0.2) is 17.6 Å². The lowest BCUT2D eigenvalue weighted by atomic mass is 10.1. The third kappa shape index (κ3) is 3.89. The molecule has 1 aromatic rings. The summed E-state index contributed by atoms with van der Waals surface area (Å²) in [5, 5.41) is 3.30. The van der Waals surface area contributed by atoms with Gasteiger partial charge in [-0.25, -0.2) is 4.98 Å². The van der Waals surface area contributed by atoms with Gasteiger partial charge in [0.05, 0.1) is 12.7 Å². The van der Waals surface area contributed by atoms with E-state index >= 15 is 0 Å². The van der Waals surface area contributed by atoms with E-state index in [1.54, 1.807) is 13.3 Å². The molecule has 4 nitrogen and oxygen atoms in total. The third-order valence-corrected chi connectivity index (χ3v) is 1.66. The Morgan fingerprint density at radius 1 is 1.50 bits per heavy atom. The van der Waals surface area contributed by atoms with Crippen molar-refractivity contribution in [1.29, 1.82) is 0 Å². The summed E-state index contributed by atoms with van der Waals surface area (Å²) in [6, 6.07) is 0. The molecule has 0 aliphatic heterocycles. The number of oxazole rings is 1. The summed E-state index contributed by atoms with van der Waals surface area (Å²) in [5.41, 5.74) is 0.0793. The summed E-state index contributed by atoms with van der Waals surface area (Å²) in [6.45, 7) is 7.43. The van der Waals surface area contributed by atoms with Gasteiger partial charge in [0.2, 0.25) is 5.89 Å². The van der Waals surface area contributed by atoms with Crippen molar-refractivity contribution >= 4 is 0 Å². The van der Waals surface area contributed by atoms with Crippen molar-refractivity contribution in [3.63, 3.8) is 0 Å². The van der Waals surface area contributed by atoms with Crippen molar-refractivity contribution in [1.82, 2.24) is 10.3 Å². The van der Waals surface area contributed by atoms with E-state index in [2.05, 4.69) is 31.1 Å². The summed E-state index contributed by atoms with van der Waals surface area (Å²) in [4.78, 5) is 4.13. The van der Waals surface area contributed by atoms with E-state index in [1.807, 2.05) is 0 Å². The lowest BCUT2D eigenvalue weighted by Gasteiger charge is -2.18. The summed E-state index contributed by atoms with van der Waals surface area (Å²) in [7, 11) is 1.63. The Balaban J connectivity index is 2.44. The van der Waals surface area contributed by atoms with Crippen LogP contribution in [0.25, 0.3) is 0 Å². The van der Waals surface area contributed by atoms with Gasteiger partial charge in [0.25, 0.3) is 0 Å². The van der Waals surface area contributed by atoms with Gasteiger partial charge in [-0.05, 0) is 20.8 Å². The Hall–Kier alpha value is -0.870. The van der Waals surface area contributed by atoms with E-state index in [-0.39, 0.29) is 5.54 Å². The van der Waals surface area contributed by atoms with Crippen LogP contribution in [0.4, 0.5) is 0 Å². The quantitative estimate of drug-likeness (QED) is 0.800. The van der Waals surface area contributed by atoms with E-state index in [0.29, 0.717) is 19.0 Å². The van der Waals surface area contributed by atoms with Crippen LogP contribution in [0.2, 0.25) is 0 Å². The van der Waals surface area contributed by atoms with Crippen LogP contribution in [0.5, 0.6) is 0 Å². The molecule has 0 saturated heterocycles. The van der Waals surface area contributed by atoms with Crippen LogP contribution < -0.4 is 5.32 Å². The molecule has 14 heavy (non-hydrogen) atoms. The minimum absolute atomic E-state index is 0.0793. The summed E-state index contributed by atoms with van der Waals surface area (Å²) < 4.78 is 10.4. The Kier molecular flexibility index (Phi) is 3.66. The molecule has 1 N–H and O–H groups in total. The molecule has 1 rings (SSSR count). The molecule has 0 amide bonds. The first-order valence-electron chi connectivity index (χ1n) is 4.69. The molecule has 0 aliphatic carbocycles. The maximum absolute atomic E-state index is 5.42. The van der Waals surface area contributed by atoms with Gasteiger partial charge in [-0.2, -0.15) is 0 Å². The second-order valence-corrected chi connectivity index (χ2v) is 4.26. The Morgan fingerprint density at radius 2 is 2.21 bits per heavy atom. The number of nitrogens with zero attached hydrogens (tertiary/aromatic N) is 1. The normalized spacial score (nSPS) is 12.0. The van der Waals surface area contributed by atoms with E-state index in [1.165, 1.54) is 0 Å². The highest BCUT2D eigenvalue weighted by Crippen LogP contribution is 2.06. The average Bonchev–Trinajstić information content (AvgIpc) is 2.49. The Labute approximate surface area is 84.7 Å². The smallest absolute Gasteiger partial charge is 0.208 e. The molecule has 0 spiro atoms. The van der Waals surface area contributed by atoms with Crippen molar-refractivity contribution in [2.24, 2.45) is 0 Å². The molecular formula is C10H18N2O2. The predicted octanol–water partition coefficient (Wildman–Crippen LogP) is 1.71. The number of methoxy groups -OCH3 is 1. The number of hydrogen-bond donors (Lipinski definition) is 1. The minimum Gasteiger partial charge on any atom is -0.442 e. The lowest BCUT2D eigenvalue weighted by molar-refractivity contribution is 0.162. The minimum atomic E-state index is 0.0793. The van der Waals surface area contributed by atoms with E-state index in [4.69, 9.17) is 9.15 Å². The van der Waals surface area contributed by atoms with E-state index in [0.717, 1.165) is 5.76 Å². The molecule has 0 aliphatic rings. The second kappa shape index (κ2) is 4.57. The molecule has 0 atom stereocenters. The zero-order chi connectivity index (χ0) is 10.6. The molecule has 0 unspecified atom stereocenters. The van der Waals surface area contributed by atoms with Gasteiger partial charge >= 0.3 is 0 Å². The summed E-state index contributed by atoms with van der Waals surface area (Å²) in [6.07, 6.45) is 1.70. The van der Waals surface area contributed by atoms with Gasteiger partial charge in [-0.15, -0.1) is 0 Å². The van der Waals surface area contributed by atoms with Crippen molar-refractivity contribution in [2.45, 2.75) is 39.5 Å². The molecule has 1 aromatic heterocycles. The number of rotatable bonds is 4. The number of ether oxygens (including phenoxy) is 1. The highest BCUT2D eigenvalue weighted by atomic mass is 16.5. The fourth-order valence-electron chi connectivity index (χ4n) is 0.980. The maximum atomic E-state index is 5.42. The molecule has 0 fully saturated rings. The molecule has 0 radical (unpaired) electrons. The number of nitrogens with one attached hydrogen (secondary N) is 1. The number of aromatic nitrogens is 1. The largest absolute Gasteiger partial charge is 0.442 e. The lowest BCUT2D eigenvalue weighted by Crippen LogP contribution is -2.35. The molecule has 1 heterocycles. The summed E-state index contributed by atoms with van der Waals surface area (Å²) >= 11 is 0. The second-order valence-electron chi connectivity index (χ2n) is 4.26. The maximum Gasteiger partial charge on any atom is 0.208 e. The molecule has 80 valence electrons. The fourth-order valence-corrected chi connectivity index (χ4v) is 0.980. The first-order chi connectivity index (χ1) is 6.51. The van der Waals surface area contributed by atoms with E-state index in [9.17, 15) is 0 Å². The predicted molar refractivity (Wildman–Crippen MR) is 53.8 cm³/mol. The van der Waals surface area contributed by atoms with Crippen LogP contribution in [0.15, 0.2) is 10.6 Å². The average molecular weight is 198 g/mol. The monoisotopic (exact) mass is 198 g/mol. The topological polar surface area (TPSA) is 47.3 Å². The first-order valence-corrected chi connectivity index (χ1v) is 4.69. The third-order valence-electron chi connectivity index (χ3n) is 1.66. The van der Waals surface area contributed by atoms with Crippen LogP contribution in [0, 0.1) is 0 Å². The van der Waals surface area contributed by atoms with Gasteiger partial charge in [-0.3, -0.25) is 0 Å². The molecule has 0 bridgehead atoms. The van der Waals surface area contributed by atoms with Crippen molar-refractivity contribution in [3.8, 4) is 0 Å². The van der Waals surface area contributed by atoms with Gasteiger partial charge < -0.3 is 14.5 Å². The van der Waals surface area contributed by atoms with Crippen LogP contribution in [0.1, 0.15) is 32.4 Å². The Bertz CT molecular complexity index is 276. The first kappa shape index (κ1) is 11.2. The molecule has 4 heteroatoms. The summed E-state index contributed by atoms with van der Waals surface area (Å²) in [5.74, 6) is 1.46. The van der Waals surface area contributed by atoms with Crippen LogP contribution in [-0.2, 0) is 17.9 Å². The van der Waals surface area contributed by atoms with Crippen molar-refractivity contribution in [2.75, 3.05) is 7.11 Å². The Morgan fingerprint density at radius 3 is 2.79 bits per heavy atom. The molecule has 0 saturated carbocycles. The van der Waals surface area contributed by atoms with Gasteiger partial charge in [-0.1, -0.05) is 0 Å². The van der Waals surface area contributed by atoms with E-state index < -0.39 is 0 Å². The molecular weight excluding hydrogens is 180 g/mol. The van der Waals surface area contributed by atoms with Crippen molar-refractivity contribution in [3.05, 3.63) is 17.8 Å². The molecule has 0 aromatic carbocycles. The van der Waals surface area contributed by atoms with Crippen LogP contribution in [0.3, 0.4) is 0 Å². The van der Waals surface area contributed by atoms with Gasteiger partial charge in [0.1, 0.15) is 12.4 Å². The standard InChI is InChI=1S/C10H18N2O2/c1-10(2,3)12-6-9-11-5-8(14-9)7-13-4/h5,12H,6-7H2,1-4H3. The zero-order valence-electron chi connectivity index (χ0n) is 9.26. The number of hydrogen-bond acceptors (Lipinski definition) is 4. The van der Waals surface area contributed by atoms with Gasteiger partial charge in [0, 0.05) is 12.6 Å². The highest BCUT2D eigenvalue weighted by molar-refractivity contribution is 4.92.